The van der Waals surface area contributed by atoms with E-state index in [4.69, 9.17) is 4.74 Å². The second-order valence-electron chi connectivity index (χ2n) is 14.7. The van der Waals surface area contributed by atoms with E-state index in [-0.39, 0.29) is 48.0 Å². The standard InChI is InChI=1S/C45H37BrN4O6/c1-56-37-23-25(46)22-35(41(37)51)38-32-20-21-33-39(44(54)49(42(33)52)30-16-12-28(13-17-30)47-26-8-4-2-5-9-26)34(32)24-36-40(38)45(55)50(43(36)53)31-18-14-29(15-19-31)48-27-10-6-3-7-11-27/h2-20,22-23,33-34,36,38-40,47-48,51H,21,24H2,1H3. The van der Waals surface area contributed by atoms with E-state index in [1.807, 2.05) is 91.0 Å². The predicted molar refractivity (Wildman–Crippen MR) is 217 cm³/mol. The summed E-state index contributed by atoms with van der Waals surface area (Å²) in [7, 11) is 1.45. The molecule has 0 radical (unpaired) electrons. The third-order valence-electron chi connectivity index (χ3n) is 11.6. The second-order valence-corrected chi connectivity index (χ2v) is 15.6. The molecule has 2 aliphatic heterocycles. The molecule has 0 aromatic heterocycles. The first-order valence-corrected chi connectivity index (χ1v) is 19.4. The molecular formula is C45H37BrN4O6. The SMILES string of the molecule is COc1cc(Br)cc(C2C3=CCC4C(=O)N(c5ccc(Nc6ccccc6)cc5)C(=O)C4C3CC3C(=O)N(c4ccc(Nc5ccccc5)cc4)C(=O)C32)c1O. The molecule has 0 bridgehead atoms. The van der Waals surface area contributed by atoms with Crippen molar-refractivity contribution in [3.8, 4) is 11.5 Å². The molecule has 2 heterocycles. The van der Waals surface area contributed by atoms with Crippen LogP contribution >= 0.6 is 15.9 Å². The molecule has 9 rings (SSSR count). The Morgan fingerprint density at radius 3 is 1.66 bits per heavy atom. The minimum absolute atomic E-state index is 0.141. The minimum atomic E-state index is -0.860. The van der Waals surface area contributed by atoms with Crippen LogP contribution in [0.5, 0.6) is 11.5 Å². The van der Waals surface area contributed by atoms with Crippen LogP contribution in [0.3, 0.4) is 0 Å². The number of phenolic OH excluding ortho intramolecular Hbond substituents is 1. The van der Waals surface area contributed by atoms with Gasteiger partial charge in [0.05, 0.1) is 42.2 Å². The van der Waals surface area contributed by atoms with Crippen molar-refractivity contribution in [1.29, 1.82) is 0 Å². The van der Waals surface area contributed by atoms with Crippen molar-refractivity contribution in [3.63, 3.8) is 0 Å². The fourth-order valence-corrected chi connectivity index (χ4v) is 9.65. The molecule has 3 fully saturated rings. The summed E-state index contributed by atoms with van der Waals surface area (Å²) >= 11 is 3.55. The average Bonchev–Trinajstić information content (AvgIpc) is 3.62. The van der Waals surface area contributed by atoms with E-state index in [1.54, 1.807) is 36.4 Å². The first kappa shape index (κ1) is 35.5. The van der Waals surface area contributed by atoms with Gasteiger partial charge in [-0.2, -0.15) is 0 Å². The lowest BCUT2D eigenvalue weighted by molar-refractivity contribution is -0.126. The number of para-hydroxylation sites is 2. The van der Waals surface area contributed by atoms with Gasteiger partial charge >= 0.3 is 0 Å². The number of imide groups is 2. The largest absolute Gasteiger partial charge is 0.504 e. The molecule has 3 N–H and O–H groups in total. The summed E-state index contributed by atoms with van der Waals surface area (Å²) in [5.74, 6) is -5.63. The third kappa shape index (κ3) is 5.94. The highest BCUT2D eigenvalue weighted by molar-refractivity contribution is 9.10. The third-order valence-corrected chi connectivity index (χ3v) is 12.1. The molecule has 6 unspecified atom stereocenters. The van der Waals surface area contributed by atoms with E-state index in [9.17, 15) is 24.3 Å². The summed E-state index contributed by atoms with van der Waals surface area (Å²) in [6.45, 7) is 0. The number of phenols is 1. The Labute approximate surface area is 331 Å². The van der Waals surface area contributed by atoms with Crippen LogP contribution in [0.4, 0.5) is 34.1 Å². The Hall–Kier alpha value is -6.20. The Kier molecular flexibility index (Phi) is 8.96. The van der Waals surface area contributed by atoms with E-state index in [1.165, 1.54) is 16.9 Å². The predicted octanol–water partition coefficient (Wildman–Crippen LogP) is 8.70. The highest BCUT2D eigenvalue weighted by Gasteiger charge is 2.62. The second kappa shape index (κ2) is 14.1. The zero-order valence-corrected chi connectivity index (χ0v) is 31.8. The topological polar surface area (TPSA) is 128 Å². The van der Waals surface area contributed by atoms with Crippen molar-refractivity contribution in [2.24, 2.45) is 29.6 Å². The average molecular weight is 810 g/mol. The van der Waals surface area contributed by atoms with Gasteiger partial charge in [-0.25, -0.2) is 0 Å². The summed E-state index contributed by atoms with van der Waals surface area (Å²) in [5.41, 5.74) is 5.50. The van der Waals surface area contributed by atoms with Crippen molar-refractivity contribution >= 4 is 73.7 Å². The van der Waals surface area contributed by atoms with Crippen molar-refractivity contribution in [2.75, 3.05) is 27.5 Å². The van der Waals surface area contributed by atoms with E-state index in [0.717, 1.165) is 28.3 Å². The van der Waals surface area contributed by atoms with Gasteiger partial charge in [-0.1, -0.05) is 64.0 Å². The molecule has 56 heavy (non-hydrogen) atoms. The van der Waals surface area contributed by atoms with E-state index >= 15 is 0 Å². The Morgan fingerprint density at radius 2 is 1.12 bits per heavy atom. The van der Waals surface area contributed by atoms with Crippen molar-refractivity contribution in [2.45, 2.75) is 18.8 Å². The molecule has 10 nitrogen and oxygen atoms in total. The molecule has 2 aliphatic carbocycles. The number of methoxy groups -OCH3 is 1. The zero-order chi connectivity index (χ0) is 38.7. The van der Waals surface area contributed by atoms with Crippen molar-refractivity contribution in [3.05, 3.63) is 143 Å². The number of aromatic hydroxyl groups is 1. The summed E-state index contributed by atoms with van der Waals surface area (Å²) < 4.78 is 6.14. The van der Waals surface area contributed by atoms with Crippen LogP contribution < -0.4 is 25.2 Å². The molecule has 0 spiro atoms. The van der Waals surface area contributed by atoms with Gasteiger partial charge in [-0.15, -0.1) is 0 Å². The van der Waals surface area contributed by atoms with Gasteiger partial charge < -0.3 is 20.5 Å². The number of nitrogens with one attached hydrogen (secondary N) is 2. The Balaban J connectivity index is 1.06. The van der Waals surface area contributed by atoms with Gasteiger partial charge in [-0.05, 0) is 104 Å². The molecule has 5 aromatic carbocycles. The number of hydrogen-bond donors (Lipinski definition) is 3. The molecule has 5 aromatic rings. The number of nitrogens with zero attached hydrogens (tertiary/aromatic N) is 2. The summed E-state index contributed by atoms with van der Waals surface area (Å²) in [4.78, 5) is 60.4. The van der Waals surface area contributed by atoms with Crippen LogP contribution in [0.25, 0.3) is 0 Å². The lowest BCUT2D eigenvalue weighted by atomic mass is 9.57. The van der Waals surface area contributed by atoms with Crippen LogP contribution in [0.15, 0.2) is 137 Å². The number of fused-ring (bicyclic) bond motifs is 4. The summed E-state index contributed by atoms with van der Waals surface area (Å²) in [6, 6.07) is 37.1. The lowest BCUT2D eigenvalue weighted by Gasteiger charge is -2.44. The Morgan fingerprint density at radius 1 is 0.625 bits per heavy atom. The van der Waals surface area contributed by atoms with E-state index < -0.39 is 35.5 Å². The number of rotatable bonds is 8. The molecule has 11 heteroatoms. The number of carbonyl (C=O) groups excluding carboxylic acids is 4. The number of hydrogen-bond acceptors (Lipinski definition) is 8. The van der Waals surface area contributed by atoms with Crippen LogP contribution in [-0.2, 0) is 19.2 Å². The maximum Gasteiger partial charge on any atom is 0.238 e. The number of benzene rings is 5. The molecule has 6 atom stereocenters. The zero-order valence-electron chi connectivity index (χ0n) is 30.3. The fourth-order valence-electron chi connectivity index (χ4n) is 9.20. The number of anilines is 6. The highest BCUT2D eigenvalue weighted by atomic mass is 79.9. The minimum Gasteiger partial charge on any atom is -0.504 e. The maximum atomic E-state index is 14.7. The van der Waals surface area contributed by atoms with Gasteiger partial charge in [0, 0.05) is 38.7 Å². The van der Waals surface area contributed by atoms with E-state index in [2.05, 4.69) is 26.6 Å². The number of amides is 4. The van der Waals surface area contributed by atoms with Crippen LogP contribution in [0.1, 0.15) is 24.3 Å². The molecule has 4 amide bonds. The number of halogens is 1. The van der Waals surface area contributed by atoms with Crippen molar-refractivity contribution < 1.29 is 29.0 Å². The van der Waals surface area contributed by atoms with Gasteiger partial charge in [0.25, 0.3) is 0 Å². The molecule has 1 saturated carbocycles. The Bertz CT molecular complexity index is 2400. The van der Waals surface area contributed by atoms with Crippen LogP contribution in [0, 0.1) is 29.6 Å². The van der Waals surface area contributed by atoms with E-state index in [0.29, 0.717) is 21.4 Å². The smallest absolute Gasteiger partial charge is 0.238 e. The number of allylic oxidation sites excluding steroid dienone is 2. The quantitative estimate of drug-likeness (QED) is 0.105. The first-order valence-electron chi connectivity index (χ1n) is 18.6. The van der Waals surface area contributed by atoms with Gasteiger partial charge in [-0.3, -0.25) is 29.0 Å². The van der Waals surface area contributed by atoms with Gasteiger partial charge in [0.2, 0.25) is 23.6 Å². The number of ether oxygens (including phenoxy) is 1. The van der Waals surface area contributed by atoms with Crippen LogP contribution in [-0.4, -0.2) is 35.8 Å². The molecule has 280 valence electrons. The molecule has 4 aliphatic rings. The van der Waals surface area contributed by atoms with Gasteiger partial charge in [0.1, 0.15) is 0 Å². The lowest BCUT2D eigenvalue weighted by Crippen LogP contribution is -2.43. The maximum absolute atomic E-state index is 14.7. The molecule has 2 saturated heterocycles. The highest BCUT2D eigenvalue weighted by Crippen LogP contribution is 2.60. The monoisotopic (exact) mass is 808 g/mol. The normalized spacial score (nSPS) is 24.0. The fraction of sp³-hybridized carbons (Fsp3) is 0.200. The first-order chi connectivity index (χ1) is 27.2. The summed E-state index contributed by atoms with van der Waals surface area (Å²) in [6.07, 6.45) is 2.46. The van der Waals surface area contributed by atoms with Gasteiger partial charge in [0.15, 0.2) is 11.5 Å². The molecular weight excluding hydrogens is 772 g/mol. The van der Waals surface area contributed by atoms with Crippen LogP contribution in [0.2, 0.25) is 0 Å². The number of carbonyl (C=O) groups is 4. The van der Waals surface area contributed by atoms with Crippen molar-refractivity contribution in [1.82, 2.24) is 0 Å². The summed E-state index contributed by atoms with van der Waals surface area (Å²) in [5, 5.41) is 18.3.